The topological polar surface area (TPSA) is 96.3 Å². The number of hydrogen-bond donors (Lipinski definition) is 1. The van der Waals surface area contributed by atoms with Crippen LogP contribution in [-0.4, -0.2) is 14.3 Å². The van der Waals surface area contributed by atoms with E-state index in [1.165, 1.54) is 48.5 Å². The van der Waals surface area contributed by atoms with Crippen molar-refractivity contribution in [2.24, 2.45) is 0 Å². The van der Waals surface area contributed by atoms with Crippen molar-refractivity contribution >= 4 is 74.2 Å². The van der Waals surface area contributed by atoms with Gasteiger partial charge in [0.2, 0.25) is 0 Å². The van der Waals surface area contributed by atoms with Gasteiger partial charge in [-0.15, -0.1) is 0 Å². The molecule has 0 atom stereocenters. The van der Waals surface area contributed by atoms with Gasteiger partial charge in [-0.2, -0.15) is 13.7 Å². The van der Waals surface area contributed by atoms with Gasteiger partial charge in [-0.25, -0.2) is 0 Å². The van der Waals surface area contributed by atoms with E-state index in [1.54, 1.807) is 18.2 Å². The highest BCUT2D eigenvalue weighted by Crippen LogP contribution is 2.37. The van der Waals surface area contributed by atoms with E-state index in [0.29, 0.717) is 10.7 Å². The highest BCUT2D eigenvalue weighted by atomic mass is 35.5. The van der Waals surface area contributed by atoms with Crippen LogP contribution in [0.1, 0.15) is 11.1 Å². The SMILES string of the molecule is Cc1ccc(S(=O)(=O)Oc2c(Cl)cc(/C=C(\C#N)C(=O)Nc3ccc(Cl)c(Cl)c3)cc2Cl)cc1. The normalized spacial score (nSPS) is 11.6. The van der Waals surface area contributed by atoms with Crippen LogP contribution in [0.4, 0.5) is 5.69 Å². The van der Waals surface area contributed by atoms with E-state index in [0.717, 1.165) is 5.56 Å². The second kappa shape index (κ2) is 10.7. The highest BCUT2D eigenvalue weighted by molar-refractivity contribution is 7.87. The molecule has 0 aliphatic rings. The molecule has 0 saturated heterocycles. The number of benzene rings is 3. The summed E-state index contributed by atoms with van der Waals surface area (Å²) in [6, 6.07) is 14.9. The van der Waals surface area contributed by atoms with Crippen molar-refractivity contribution < 1.29 is 17.4 Å². The zero-order valence-corrected chi connectivity index (χ0v) is 21.1. The van der Waals surface area contributed by atoms with Crippen LogP contribution >= 0.6 is 46.4 Å². The number of anilines is 1. The molecule has 0 spiro atoms. The molecular weight excluding hydrogens is 542 g/mol. The van der Waals surface area contributed by atoms with Crippen LogP contribution in [0.25, 0.3) is 6.08 Å². The Morgan fingerprint density at radius 3 is 2.12 bits per heavy atom. The fourth-order valence-corrected chi connectivity index (χ4v) is 4.63. The maximum Gasteiger partial charge on any atom is 0.339 e. The Morgan fingerprint density at radius 2 is 1.56 bits per heavy atom. The molecule has 6 nitrogen and oxygen atoms in total. The molecule has 0 aromatic heterocycles. The van der Waals surface area contributed by atoms with Gasteiger partial charge in [0.15, 0.2) is 5.75 Å². The predicted molar refractivity (Wildman–Crippen MR) is 134 cm³/mol. The number of nitrogens with one attached hydrogen (secondary N) is 1. The van der Waals surface area contributed by atoms with E-state index in [2.05, 4.69) is 5.32 Å². The minimum atomic E-state index is -4.19. The molecule has 0 unspecified atom stereocenters. The fraction of sp³-hybridized carbons (Fsp3) is 0.0435. The fourth-order valence-electron chi connectivity index (χ4n) is 2.69. The van der Waals surface area contributed by atoms with E-state index in [1.807, 2.05) is 6.92 Å². The quantitative estimate of drug-likeness (QED) is 0.202. The summed E-state index contributed by atoms with van der Waals surface area (Å²) < 4.78 is 30.3. The Hall–Kier alpha value is -2.73. The minimum absolute atomic E-state index is 0.0695. The van der Waals surface area contributed by atoms with Crippen molar-refractivity contribution in [3.8, 4) is 11.8 Å². The van der Waals surface area contributed by atoms with Crippen molar-refractivity contribution in [2.75, 3.05) is 5.32 Å². The Bertz CT molecular complexity index is 1420. The average molecular weight is 556 g/mol. The zero-order valence-electron chi connectivity index (χ0n) is 17.3. The van der Waals surface area contributed by atoms with Crippen molar-refractivity contribution in [3.05, 3.63) is 91.4 Å². The summed E-state index contributed by atoms with van der Waals surface area (Å²) >= 11 is 24.2. The molecule has 3 aromatic rings. The number of hydrogen-bond acceptors (Lipinski definition) is 5. The third-order valence-electron chi connectivity index (χ3n) is 4.38. The summed E-state index contributed by atoms with van der Waals surface area (Å²) in [7, 11) is -4.19. The van der Waals surface area contributed by atoms with Gasteiger partial charge in [0.05, 0.1) is 20.1 Å². The van der Waals surface area contributed by atoms with Crippen LogP contribution in [-0.2, 0) is 14.9 Å². The molecule has 3 aromatic carbocycles. The van der Waals surface area contributed by atoms with Crippen LogP contribution in [0, 0.1) is 18.3 Å². The number of halogens is 4. The third-order valence-corrected chi connectivity index (χ3v) is 6.91. The number of carbonyl (C=O) groups excluding carboxylic acids is 1. The molecule has 0 aliphatic heterocycles. The summed E-state index contributed by atoms with van der Waals surface area (Å²) in [5.74, 6) is -0.991. The van der Waals surface area contributed by atoms with Crippen molar-refractivity contribution in [2.45, 2.75) is 11.8 Å². The number of amides is 1. The van der Waals surface area contributed by atoms with E-state index in [4.69, 9.17) is 50.6 Å². The first-order chi connectivity index (χ1) is 16.0. The Morgan fingerprint density at radius 1 is 0.941 bits per heavy atom. The lowest BCUT2D eigenvalue weighted by Crippen LogP contribution is -2.13. The molecule has 0 aliphatic carbocycles. The van der Waals surface area contributed by atoms with Gasteiger partial charge in [-0.05, 0) is 61.0 Å². The van der Waals surface area contributed by atoms with E-state index in [-0.39, 0.29) is 36.8 Å². The van der Waals surface area contributed by atoms with Crippen molar-refractivity contribution in [1.29, 1.82) is 5.26 Å². The van der Waals surface area contributed by atoms with Crippen LogP contribution in [0.5, 0.6) is 5.75 Å². The molecular formula is C23H14Cl4N2O4S. The standard InChI is InChI=1S/C23H14Cl4N2O4S/c1-13-2-5-17(6-3-13)34(31,32)33-22-20(26)9-14(10-21(22)27)8-15(12-28)23(30)29-16-4-7-18(24)19(25)11-16/h2-11H,1H3,(H,29,30)/b15-8+. The minimum Gasteiger partial charge on any atom is -0.376 e. The largest absolute Gasteiger partial charge is 0.376 e. The van der Waals surface area contributed by atoms with Gasteiger partial charge in [0.25, 0.3) is 5.91 Å². The summed E-state index contributed by atoms with van der Waals surface area (Å²) in [6.07, 6.45) is 1.24. The van der Waals surface area contributed by atoms with Crippen LogP contribution < -0.4 is 9.50 Å². The number of aryl methyl sites for hydroxylation is 1. The molecule has 0 radical (unpaired) electrons. The number of carbonyl (C=O) groups is 1. The van der Waals surface area contributed by atoms with E-state index in [9.17, 15) is 18.5 Å². The predicted octanol–water partition coefficient (Wildman–Crippen LogP) is 6.92. The molecule has 174 valence electrons. The van der Waals surface area contributed by atoms with Gasteiger partial charge in [-0.1, -0.05) is 64.1 Å². The number of nitrogens with zero attached hydrogens (tertiary/aromatic N) is 1. The smallest absolute Gasteiger partial charge is 0.339 e. The second-order valence-corrected chi connectivity index (χ2v) is 10.1. The van der Waals surface area contributed by atoms with Crippen LogP contribution in [0.3, 0.4) is 0 Å². The maximum atomic E-state index is 12.6. The Labute approximate surface area is 216 Å². The first-order valence-corrected chi connectivity index (χ1v) is 12.3. The molecule has 0 fully saturated rings. The van der Waals surface area contributed by atoms with Crippen LogP contribution in [0.15, 0.2) is 65.1 Å². The van der Waals surface area contributed by atoms with E-state index < -0.39 is 16.0 Å². The number of nitriles is 1. The molecule has 1 amide bonds. The molecule has 3 rings (SSSR count). The molecule has 1 N–H and O–H groups in total. The summed E-state index contributed by atoms with van der Waals surface area (Å²) in [6.45, 7) is 1.82. The third kappa shape index (κ3) is 6.23. The van der Waals surface area contributed by atoms with Crippen molar-refractivity contribution in [1.82, 2.24) is 0 Å². The zero-order chi connectivity index (χ0) is 25.0. The van der Waals surface area contributed by atoms with Gasteiger partial charge in [-0.3, -0.25) is 4.79 Å². The molecule has 34 heavy (non-hydrogen) atoms. The summed E-state index contributed by atoms with van der Waals surface area (Å²) in [5, 5.41) is 12.3. The lowest BCUT2D eigenvalue weighted by molar-refractivity contribution is -0.112. The maximum absolute atomic E-state index is 12.6. The molecule has 0 heterocycles. The molecule has 0 saturated carbocycles. The first kappa shape index (κ1) is 25.9. The number of rotatable bonds is 6. The average Bonchev–Trinajstić information content (AvgIpc) is 2.77. The summed E-state index contributed by atoms with van der Waals surface area (Å²) in [5.41, 5.74) is 1.22. The lowest BCUT2D eigenvalue weighted by atomic mass is 10.1. The molecule has 0 bridgehead atoms. The van der Waals surface area contributed by atoms with E-state index >= 15 is 0 Å². The summed E-state index contributed by atoms with van der Waals surface area (Å²) in [4.78, 5) is 12.4. The first-order valence-electron chi connectivity index (χ1n) is 9.38. The monoisotopic (exact) mass is 554 g/mol. The van der Waals surface area contributed by atoms with Gasteiger partial charge in [0, 0.05) is 5.69 Å². The highest BCUT2D eigenvalue weighted by Gasteiger charge is 2.21. The van der Waals surface area contributed by atoms with Crippen molar-refractivity contribution in [3.63, 3.8) is 0 Å². The second-order valence-electron chi connectivity index (χ2n) is 6.92. The lowest BCUT2D eigenvalue weighted by Gasteiger charge is -2.11. The van der Waals surface area contributed by atoms with Gasteiger partial charge in [0.1, 0.15) is 16.5 Å². The van der Waals surface area contributed by atoms with Gasteiger partial charge >= 0.3 is 10.1 Å². The molecule has 11 heteroatoms. The Balaban J connectivity index is 1.86. The Kier molecular flexibility index (Phi) is 8.13. The van der Waals surface area contributed by atoms with Crippen LogP contribution in [0.2, 0.25) is 20.1 Å². The van der Waals surface area contributed by atoms with Gasteiger partial charge < -0.3 is 9.50 Å².